The Morgan fingerprint density at radius 3 is 2.24 bits per heavy atom. The average molecular weight is 242 g/mol. The monoisotopic (exact) mass is 242 g/mol. The molecule has 0 aromatic carbocycles. The minimum Gasteiger partial charge on any atom is -0.375 e. The van der Waals surface area contributed by atoms with Crippen LogP contribution in [0.5, 0.6) is 0 Å². The van der Waals surface area contributed by atoms with Gasteiger partial charge in [-0.2, -0.15) is 0 Å². The van der Waals surface area contributed by atoms with Crippen LogP contribution in [0.2, 0.25) is 0 Å². The van der Waals surface area contributed by atoms with Crippen LogP contribution in [0.15, 0.2) is 0 Å². The van der Waals surface area contributed by atoms with Crippen LogP contribution in [-0.2, 0) is 4.74 Å². The van der Waals surface area contributed by atoms with Gasteiger partial charge >= 0.3 is 0 Å². The summed E-state index contributed by atoms with van der Waals surface area (Å²) in [5, 5.41) is 3.68. The average Bonchev–Trinajstić information content (AvgIpc) is 2.28. The first-order chi connectivity index (χ1) is 8.15. The second kappa shape index (κ2) is 8.06. The first-order valence-electron chi connectivity index (χ1n) is 7.26. The van der Waals surface area contributed by atoms with E-state index in [9.17, 15) is 0 Å². The van der Waals surface area contributed by atoms with Crippen LogP contribution in [-0.4, -0.2) is 49.3 Å². The lowest BCUT2D eigenvalue weighted by atomic mass is 10.00. The third kappa shape index (κ3) is 5.84. The largest absolute Gasteiger partial charge is 0.375 e. The van der Waals surface area contributed by atoms with Gasteiger partial charge in [0.1, 0.15) is 0 Å². The predicted molar refractivity (Wildman–Crippen MR) is 73.4 cm³/mol. The van der Waals surface area contributed by atoms with Gasteiger partial charge in [-0.05, 0) is 59.3 Å². The molecule has 2 atom stereocenters. The lowest BCUT2D eigenvalue weighted by Crippen LogP contribution is -2.42. The zero-order valence-corrected chi connectivity index (χ0v) is 12.0. The van der Waals surface area contributed by atoms with Crippen molar-refractivity contribution < 1.29 is 4.74 Å². The van der Waals surface area contributed by atoms with Crippen LogP contribution in [0.1, 0.15) is 47.0 Å². The summed E-state index contributed by atoms with van der Waals surface area (Å²) < 4.78 is 5.75. The van der Waals surface area contributed by atoms with Crippen LogP contribution in [0, 0.1) is 0 Å². The molecular weight excluding hydrogens is 212 g/mol. The standard InChI is InChI=1S/C14H30N2O/c1-5-16(6-2)9-7-8-15-14-10-12(3)17-13(4)11-14/h12-15H,5-11H2,1-4H3. The van der Waals surface area contributed by atoms with Crippen molar-refractivity contribution in [3.63, 3.8) is 0 Å². The number of nitrogens with zero attached hydrogens (tertiary/aromatic N) is 1. The van der Waals surface area contributed by atoms with E-state index in [0.717, 1.165) is 19.4 Å². The molecule has 1 rings (SSSR count). The summed E-state index contributed by atoms with van der Waals surface area (Å²) in [6.07, 6.45) is 4.41. The minimum absolute atomic E-state index is 0.416. The molecule has 1 saturated heterocycles. The van der Waals surface area contributed by atoms with Crippen LogP contribution in [0.3, 0.4) is 0 Å². The number of ether oxygens (including phenoxy) is 1. The number of hydrogen-bond donors (Lipinski definition) is 1. The topological polar surface area (TPSA) is 24.5 Å². The molecule has 0 bridgehead atoms. The second-order valence-corrected chi connectivity index (χ2v) is 5.26. The lowest BCUT2D eigenvalue weighted by molar-refractivity contribution is -0.0420. The van der Waals surface area contributed by atoms with E-state index in [2.05, 4.69) is 37.9 Å². The number of rotatable bonds is 7. The van der Waals surface area contributed by atoms with Gasteiger partial charge in [0.15, 0.2) is 0 Å². The van der Waals surface area contributed by atoms with Gasteiger partial charge in [0.2, 0.25) is 0 Å². The van der Waals surface area contributed by atoms with Crippen molar-refractivity contribution in [1.29, 1.82) is 0 Å². The Labute approximate surface area is 107 Å². The van der Waals surface area contributed by atoms with Gasteiger partial charge in [-0.15, -0.1) is 0 Å². The van der Waals surface area contributed by atoms with Crippen molar-refractivity contribution >= 4 is 0 Å². The Kier molecular flexibility index (Phi) is 7.09. The third-order valence-electron chi connectivity index (χ3n) is 3.68. The van der Waals surface area contributed by atoms with Crippen molar-refractivity contribution in [2.75, 3.05) is 26.2 Å². The Morgan fingerprint density at radius 1 is 1.12 bits per heavy atom. The maximum absolute atomic E-state index is 5.75. The highest BCUT2D eigenvalue weighted by molar-refractivity contribution is 4.78. The Hall–Kier alpha value is -0.120. The Balaban J connectivity index is 2.09. The van der Waals surface area contributed by atoms with Gasteiger partial charge in [0.05, 0.1) is 12.2 Å². The molecule has 0 saturated carbocycles. The van der Waals surface area contributed by atoms with E-state index in [1.165, 1.54) is 26.1 Å². The highest BCUT2D eigenvalue weighted by Gasteiger charge is 2.23. The fraction of sp³-hybridized carbons (Fsp3) is 1.00. The Morgan fingerprint density at radius 2 is 1.71 bits per heavy atom. The molecule has 102 valence electrons. The summed E-state index contributed by atoms with van der Waals surface area (Å²) in [4.78, 5) is 2.48. The molecule has 0 aromatic rings. The number of hydrogen-bond acceptors (Lipinski definition) is 3. The molecule has 1 fully saturated rings. The van der Waals surface area contributed by atoms with E-state index in [-0.39, 0.29) is 0 Å². The normalized spacial score (nSPS) is 29.8. The summed E-state index contributed by atoms with van der Waals surface area (Å²) in [5.74, 6) is 0. The van der Waals surface area contributed by atoms with E-state index < -0.39 is 0 Å². The molecule has 0 radical (unpaired) electrons. The van der Waals surface area contributed by atoms with E-state index in [1.807, 2.05) is 0 Å². The van der Waals surface area contributed by atoms with Crippen LogP contribution in [0.4, 0.5) is 0 Å². The van der Waals surface area contributed by atoms with Gasteiger partial charge in [-0.3, -0.25) is 0 Å². The minimum atomic E-state index is 0.416. The zero-order chi connectivity index (χ0) is 12.7. The van der Waals surface area contributed by atoms with Gasteiger partial charge in [0.25, 0.3) is 0 Å². The van der Waals surface area contributed by atoms with Crippen LogP contribution >= 0.6 is 0 Å². The summed E-state index contributed by atoms with van der Waals surface area (Å²) >= 11 is 0. The zero-order valence-electron chi connectivity index (χ0n) is 12.0. The maximum Gasteiger partial charge on any atom is 0.0565 e. The fourth-order valence-corrected chi connectivity index (χ4v) is 2.72. The highest BCUT2D eigenvalue weighted by Crippen LogP contribution is 2.18. The molecule has 1 heterocycles. The molecule has 1 N–H and O–H groups in total. The van der Waals surface area contributed by atoms with Gasteiger partial charge in [0, 0.05) is 6.04 Å². The van der Waals surface area contributed by atoms with E-state index in [4.69, 9.17) is 4.74 Å². The smallest absolute Gasteiger partial charge is 0.0565 e. The van der Waals surface area contributed by atoms with Gasteiger partial charge < -0.3 is 15.0 Å². The fourth-order valence-electron chi connectivity index (χ4n) is 2.72. The summed E-state index contributed by atoms with van der Waals surface area (Å²) in [7, 11) is 0. The molecule has 2 unspecified atom stereocenters. The Bertz CT molecular complexity index is 185. The van der Waals surface area contributed by atoms with Crippen molar-refractivity contribution in [3.8, 4) is 0 Å². The molecule has 3 nitrogen and oxygen atoms in total. The molecule has 0 aliphatic carbocycles. The summed E-state index contributed by atoms with van der Waals surface area (Å²) in [6, 6.07) is 0.658. The van der Waals surface area contributed by atoms with Crippen molar-refractivity contribution in [2.24, 2.45) is 0 Å². The molecule has 1 aliphatic rings. The first-order valence-corrected chi connectivity index (χ1v) is 7.26. The van der Waals surface area contributed by atoms with Crippen molar-refractivity contribution in [3.05, 3.63) is 0 Å². The number of nitrogens with one attached hydrogen (secondary N) is 1. The van der Waals surface area contributed by atoms with E-state index in [0.29, 0.717) is 18.2 Å². The molecule has 17 heavy (non-hydrogen) atoms. The van der Waals surface area contributed by atoms with Crippen molar-refractivity contribution in [1.82, 2.24) is 10.2 Å². The third-order valence-corrected chi connectivity index (χ3v) is 3.68. The second-order valence-electron chi connectivity index (χ2n) is 5.26. The van der Waals surface area contributed by atoms with Crippen LogP contribution in [0.25, 0.3) is 0 Å². The quantitative estimate of drug-likeness (QED) is 0.693. The molecule has 0 amide bonds. The van der Waals surface area contributed by atoms with E-state index >= 15 is 0 Å². The maximum atomic E-state index is 5.75. The SMILES string of the molecule is CCN(CC)CCCNC1CC(C)OC(C)C1. The molecule has 1 aliphatic heterocycles. The predicted octanol–water partition coefficient (Wildman–Crippen LogP) is 2.26. The molecular formula is C14H30N2O. The van der Waals surface area contributed by atoms with E-state index in [1.54, 1.807) is 0 Å². The molecule has 3 heteroatoms. The van der Waals surface area contributed by atoms with Crippen LogP contribution < -0.4 is 5.32 Å². The molecule has 0 spiro atoms. The van der Waals surface area contributed by atoms with Gasteiger partial charge in [-0.25, -0.2) is 0 Å². The lowest BCUT2D eigenvalue weighted by Gasteiger charge is -2.32. The summed E-state index contributed by atoms with van der Waals surface area (Å²) in [5.41, 5.74) is 0. The highest BCUT2D eigenvalue weighted by atomic mass is 16.5. The summed E-state index contributed by atoms with van der Waals surface area (Å²) in [6.45, 7) is 13.5. The first kappa shape index (κ1) is 14.9. The molecule has 0 aromatic heterocycles. The van der Waals surface area contributed by atoms with Crippen molar-refractivity contribution in [2.45, 2.75) is 65.2 Å². The van der Waals surface area contributed by atoms with Gasteiger partial charge in [-0.1, -0.05) is 13.8 Å².